The minimum absolute atomic E-state index is 0.0374. The van der Waals surface area contributed by atoms with Crippen LogP contribution in [0.3, 0.4) is 0 Å². The number of anilines is 1. The lowest BCUT2D eigenvalue weighted by molar-refractivity contribution is 0.0933. The second-order valence-corrected chi connectivity index (χ2v) is 7.84. The molecular formula is C22H28N4O2. The molecule has 2 aromatic rings. The first-order valence-electron chi connectivity index (χ1n) is 10.5. The maximum Gasteiger partial charge on any atom is 0.271 e. The highest BCUT2D eigenvalue weighted by molar-refractivity contribution is 5.94. The molecule has 28 heavy (non-hydrogen) atoms. The van der Waals surface area contributed by atoms with Gasteiger partial charge in [0.1, 0.15) is 5.82 Å². The Bertz CT molecular complexity index is 861. The highest BCUT2D eigenvalue weighted by atomic mass is 16.1. The van der Waals surface area contributed by atoms with E-state index in [4.69, 9.17) is 0 Å². The zero-order valence-corrected chi connectivity index (χ0v) is 16.3. The standard InChI is InChI=1S/C22H28N4O2/c27-21-14-13-20(25-15-5-6-16-25)24-26(21)19-11-9-17(10-12-19)22(28)23-18-7-3-1-2-4-8-18/h9-14,18H,1-8,15-16H2,(H,23,28). The molecule has 1 aromatic heterocycles. The lowest BCUT2D eigenvalue weighted by Crippen LogP contribution is -2.34. The summed E-state index contributed by atoms with van der Waals surface area (Å²) in [5, 5.41) is 7.69. The molecule has 1 aliphatic heterocycles. The molecule has 6 heteroatoms. The van der Waals surface area contributed by atoms with Crippen LogP contribution in [-0.2, 0) is 0 Å². The number of rotatable bonds is 4. The molecule has 0 atom stereocenters. The van der Waals surface area contributed by atoms with Crippen molar-refractivity contribution in [3.05, 3.63) is 52.3 Å². The van der Waals surface area contributed by atoms with E-state index in [-0.39, 0.29) is 17.5 Å². The Morgan fingerprint density at radius 3 is 2.25 bits per heavy atom. The SMILES string of the molecule is O=C(NC1CCCCCC1)c1ccc(-n2nc(N3CCCC3)ccc2=O)cc1. The van der Waals surface area contributed by atoms with E-state index in [2.05, 4.69) is 15.3 Å². The number of hydrogen-bond donors (Lipinski definition) is 1. The summed E-state index contributed by atoms with van der Waals surface area (Å²) >= 11 is 0. The van der Waals surface area contributed by atoms with Gasteiger partial charge in [-0.25, -0.2) is 0 Å². The molecule has 4 rings (SSSR count). The fourth-order valence-electron chi connectivity index (χ4n) is 4.15. The number of carbonyl (C=O) groups is 1. The average Bonchev–Trinajstić information content (AvgIpc) is 3.14. The highest BCUT2D eigenvalue weighted by Gasteiger charge is 2.17. The fraction of sp³-hybridized carbons (Fsp3) is 0.500. The van der Waals surface area contributed by atoms with Crippen molar-refractivity contribution in [3.63, 3.8) is 0 Å². The number of benzene rings is 1. The number of aromatic nitrogens is 2. The predicted molar refractivity (Wildman–Crippen MR) is 110 cm³/mol. The minimum atomic E-state index is -0.168. The summed E-state index contributed by atoms with van der Waals surface area (Å²) < 4.78 is 1.42. The number of nitrogens with one attached hydrogen (secondary N) is 1. The van der Waals surface area contributed by atoms with Crippen LogP contribution in [0.2, 0.25) is 0 Å². The van der Waals surface area contributed by atoms with Gasteiger partial charge in [-0.2, -0.15) is 4.68 Å². The summed E-state index contributed by atoms with van der Waals surface area (Å²) in [6.45, 7) is 1.96. The molecule has 1 N–H and O–H groups in total. The number of nitrogens with zero attached hydrogens (tertiary/aromatic N) is 3. The first-order chi connectivity index (χ1) is 13.7. The molecule has 0 unspecified atom stereocenters. The van der Waals surface area contributed by atoms with Gasteiger partial charge in [-0.15, -0.1) is 5.10 Å². The molecule has 6 nitrogen and oxygen atoms in total. The molecular weight excluding hydrogens is 352 g/mol. The van der Waals surface area contributed by atoms with Gasteiger partial charge < -0.3 is 10.2 Å². The van der Waals surface area contributed by atoms with Gasteiger partial charge in [0.25, 0.3) is 11.5 Å². The van der Waals surface area contributed by atoms with E-state index in [0.717, 1.165) is 44.6 Å². The number of hydrogen-bond acceptors (Lipinski definition) is 4. The Morgan fingerprint density at radius 1 is 0.893 bits per heavy atom. The van der Waals surface area contributed by atoms with Crippen molar-refractivity contribution in [2.45, 2.75) is 57.4 Å². The van der Waals surface area contributed by atoms with Gasteiger partial charge in [0.2, 0.25) is 0 Å². The Labute approximate surface area is 165 Å². The third-order valence-corrected chi connectivity index (χ3v) is 5.78. The summed E-state index contributed by atoms with van der Waals surface area (Å²) in [5.41, 5.74) is 1.13. The Balaban J connectivity index is 1.49. The van der Waals surface area contributed by atoms with Crippen LogP contribution >= 0.6 is 0 Å². The van der Waals surface area contributed by atoms with Crippen LogP contribution in [-0.4, -0.2) is 34.8 Å². The second kappa shape index (κ2) is 8.59. The molecule has 0 bridgehead atoms. The largest absolute Gasteiger partial charge is 0.355 e. The van der Waals surface area contributed by atoms with Gasteiger partial charge in [-0.1, -0.05) is 25.7 Å². The normalized spacial score (nSPS) is 18.1. The van der Waals surface area contributed by atoms with E-state index in [9.17, 15) is 9.59 Å². The maximum atomic E-state index is 12.6. The topological polar surface area (TPSA) is 67.2 Å². The zero-order valence-electron chi connectivity index (χ0n) is 16.3. The van der Waals surface area contributed by atoms with Crippen LogP contribution < -0.4 is 15.8 Å². The molecule has 1 saturated heterocycles. The van der Waals surface area contributed by atoms with Crippen LogP contribution in [0.1, 0.15) is 61.7 Å². The van der Waals surface area contributed by atoms with Crippen LogP contribution in [0, 0.1) is 0 Å². The van der Waals surface area contributed by atoms with E-state index >= 15 is 0 Å². The van der Waals surface area contributed by atoms with Crippen LogP contribution in [0.4, 0.5) is 5.82 Å². The molecule has 1 aliphatic carbocycles. The number of carbonyl (C=O) groups excluding carboxylic acids is 1. The van der Waals surface area contributed by atoms with Crippen LogP contribution in [0.25, 0.3) is 5.69 Å². The van der Waals surface area contributed by atoms with Crippen molar-refractivity contribution in [1.29, 1.82) is 0 Å². The minimum Gasteiger partial charge on any atom is -0.355 e. The van der Waals surface area contributed by atoms with Crippen molar-refractivity contribution < 1.29 is 4.79 Å². The molecule has 2 fully saturated rings. The van der Waals surface area contributed by atoms with Crippen molar-refractivity contribution in [3.8, 4) is 5.69 Å². The van der Waals surface area contributed by atoms with Crippen molar-refractivity contribution >= 4 is 11.7 Å². The van der Waals surface area contributed by atoms with Gasteiger partial charge in [0, 0.05) is 30.8 Å². The van der Waals surface area contributed by atoms with Gasteiger partial charge in [0.15, 0.2) is 0 Å². The maximum absolute atomic E-state index is 12.6. The molecule has 1 saturated carbocycles. The monoisotopic (exact) mass is 380 g/mol. The molecule has 2 heterocycles. The predicted octanol–water partition coefficient (Wildman–Crippen LogP) is 3.29. The van der Waals surface area contributed by atoms with Gasteiger partial charge in [-0.3, -0.25) is 9.59 Å². The molecule has 148 valence electrons. The molecule has 1 amide bonds. The van der Waals surface area contributed by atoms with E-state index < -0.39 is 0 Å². The Hall–Kier alpha value is -2.63. The van der Waals surface area contributed by atoms with Gasteiger partial charge >= 0.3 is 0 Å². The van der Waals surface area contributed by atoms with Gasteiger partial charge in [0.05, 0.1) is 5.69 Å². The fourth-order valence-corrected chi connectivity index (χ4v) is 4.15. The van der Waals surface area contributed by atoms with Crippen molar-refractivity contribution in [2.24, 2.45) is 0 Å². The number of amides is 1. The molecule has 2 aliphatic rings. The lowest BCUT2D eigenvalue weighted by atomic mass is 10.1. The van der Waals surface area contributed by atoms with Gasteiger partial charge in [-0.05, 0) is 56.0 Å². The smallest absolute Gasteiger partial charge is 0.271 e. The summed E-state index contributed by atoms with van der Waals surface area (Å²) in [7, 11) is 0. The van der Waals surface area contributed by atoms with E-state index in [0.29, 0.717) is 11.3 Å². The van der Waals surface area contributed by atoms with Crippen molar-refractivity contribution in [1.82, 2.24) is 15.1 Å². The zero-order chi connectivity index (χ0) is 19.3. The Morgan fingerprint density at radius 2 is 1.57 bits per heavy atom. The molecule has 0 radical (unpaired) electrons. The second-order valence-electron chi connectivity index (χ2n) is 7.84. The summed E-state index contributed by atoms with van der Waals surface area (Å²) in [5.74, 6) is 0.789. The van der Waals surface area contributed by atoms with Crippen molar-refractivity contribution in [2.75, 3.05) is 18.0 Å². The first-order valence-corrected chi connectivity index (χ1v) is 10.5. The summed E-state index contributed by atoms with van der Waals surface area (Å²) in [6.07, 6.45) is 9.34. The first kappa shape index (κ1) is 18.7. The molecule has 0 spiro atoms. The third kappa shape index (κ3) is 4.26. The van der Waals surface area contributed by atoms with E-state index in [1.165, 1.54) is 30.4 Å². The quantitative estimate of drug-likeness (QED) is 0.827. The summed E-state index contributed by atoms with van der Waals surface area (Å²) in [6, 6.07) is 10.8. The van der Waals surface area contributed by atoms with E-state index in [1.807, 2.05) is 0 Å². The third-order valence-electron chi connectivity index (χ3n) is 5.78. The van der Waals surface area contributed by atoms with E-state index in [1.54, 1.807) is 36.4 Å². The lowest BCUT2D eigenvalue weighted by Gasteiger charge is -2.17. The molecule has 1 aromatic carbocycles. The highest BCUT2D eigenvalue weighted by Crippen LogP contribution is 2.19. The summed E-state index contributed by atoms with van der Waals surface area (Å²) in [4.78, 5) is 27.1. The van der Waals surface area contributed by atoms with Crippen LogP contribution in [0.5, 0.6) is 0 Å². The van der Waals surface area contributed by atoms with Crippen LogP contribution in [0.15, 0.2) is 41.2 Å². The Kier molecular flexibility index (Phi) is 5.74. The average molecular weight is 380 g/mol.